The molecule has 1 aliphatic heterocycles. The van der Waals surface area contributed by atoms with Gasteiger partial charge in [0.25, 0.3) is 0 Å². The number of amides is 1. The molecule has 0 fully saturated rings. The number of halogens is 1. The number of para-hydroxylation sites is 1. The van der Waals surface area contributed by atoms with Crippen LogP contribution in [-0.4, -0.2) is 35.8 Å². The van der Waals surface area contributed by atoms with Gasteiger partial charge < -0.3 is 24.5 Å². The van der Waals surface area contributed by atoms with Gasteiger partial charge in [-0.15, -0.1) is 0 Å². The lowest BCUT2D eigenvalue weighted by Crippen LogP contribution is -2.26. The Kier molecular flexibility index (Phi) is 4.91. The van der Waals surface area contributed by atoms with E-state index in [2.05, 4.69) is 5.32 Å². The normalized spacial score (nSPS) is 15.3. The lowest BCUT2D eigenvalue weighted by Gasteiger charge is -2.27. The van der Waals surface area contributed by atoms with Crippen molar-refractivity contribution in [3.8, 4) is 17.2 Å². The van der Waals surface area contributed by atoms with E-state index in [1.54, 1.807) is 36.4 Å². The van der Waals surface area contributed by atoms with E-state index in [9.17, 15) is 19.1 Å². The van der Waals surface area contributed by atoms with Gasteiger partial charge in [-0.3, -0.25) is 4.79 Å². The van der Waals surface area contributed by atoms with E-state index in [-0.39, 0.29) is 29.3 Å². The molecule has 0 spiro atoms. The Balaban J connectivity index is 2.00. The maximum absolute atomic E-state index is 14.6. The Morgan fingerprint density at radius 2 is 1.97 bits per heavy atom. The third-order valence-corrected chi connectivity index (χ3v) is 5.19. The minimum absolute atomic E-state index is 0.0488. The van der Waals surface area contributed by atoms with E-state index in [1.807, 2.05) is 0 Å². The van der Waals surface area contributed by atoms with Crippen LogP contribution in [0.2, 0.25) is 0 Å². The van der Waals surface area contributed by atoms with Crippen LogP contribution in [0.15, 0.2) is 48.7 Å². The summed E-state index contributed by atoms with van der Waals surface area (Å²) in [7, 11) is 3.03. The molecule has 0 aliphatic carbocycles. The van der Waals surface area contributed by atoms with Crippen LogP contribution in [0.4, 0.5) is 10.1 Å². The first-order valence-electron chi connectivity index (χ1n) is 9.19. The van der Waals surface area contributed by atoms with Gasteiger partial charge in [-0.1, -0.05) is 18.2 Å². The number of rotatable bonds is 5. The first-order chi connectivity index (χ1) is 14.4. The number of carbonyl (C=O) groups is 2. The third kappa shape index (κ3) is 3.16. The Morgan fingerprint density at radius 3 is 2.63 bits per heavy atom. The second-order valence-corrected chi connectivity index (χ2v) is 6.84. The highest BCUT2D eigenvalue weighted by Gasteiger charge is 2.36. The van der Waals surface area contributed by atoms with Crippen molar-refractivity contribution in [2.45, 2.75) is 12.3 Å². The number of anilines is 1. The predicted molar refractivity (Wildman–Crippen MR) is 107 cm³/mol. The molecule has 0 radical (unpaired) electrons. The van der Waals surface area contributed by atoms with Gasteiger partial charge in [0, 0.05) is 30.2 Å². The van der Waals surface area contributed by atoms with E-state index in [0.29, 0.717) is 22.8 Å². The third-order valence-electron chi connectivity index (χ3n) is 5.19. The van der Waals surface area contributed by atoms with E-state index in [0.717, 1.165) is 0 Å². The van der Waals surface area contributed by atoms with Crippen molar-refractivity contribution in [2.24, 2.45) is 0 Å². The molecule has 0 saturated carbocycles. The monoisotopic (exact) mass is 410 g/mol. The number of hydrogen-bond acceptors (Lipinski definition) is 4. The molecule has 2 aromatic carbocycles. The summed E-state index contributed by atoms with van der Waals surface area (Å²) in [5.74, 6) is -1.56. The smallest absolute Gasteiger partial charge is 0.339 e. The number of fused-ring (bicyclic) bond motifs is 1. The Bertz CT molecular complexity index is 1150. The number of carbonyl (C=O) groups excluding carboxylic acids is 1. The van der Waals surface area contributed by atoms with Crippen LogP contribution in [0.1, 0.15) is 34.0 Å². The van der Waals surface area contributed by atoms with Crippen molar-refractivity contribution >= 4 is 17.6 Å². The lowest BCUT2D eigenvalue weighted by atomic mass is 9.87. The van der Waals surface area contributed by atoms with Gasteiger partial charge in [-0.2, -0.15) is 0 Å². The zero-order valence-electron chi connectivity index (χ0n) is 16.3. The largest absolute Gasteiger partial charge is 0.497 e. The summed E-state index contributed by atoms with van der Waals surface area (Å²) < 4.78 is 26.8. The number of nitrogens with one attached hydrogen (secondary N) is 1. The molecule has 0 bridgehead atoms. The van der Waals surface area contributed by atoms with Crippen LogP contribution in [0.3, 0.4) is 0 Å². The highest BCUT2D eigenvalue weighted by atomic mass is 19.1. The summed E-state index contributed by atoms with van der Waals surface area (Å²) in [6.45, 7) is 0. The molecule has 0 saturated heterocycles. The van der Waals surface area contributed by atoms with Gasteiger partial charge in [0.1, 0.15) is 22.9 Å². The molecule has 8 heteroatoms. The summed E-state index contributed by atoms with van der Waals surface area (Å²) >= 11 is 0. The van der Waals surface area contributed by atoms with Gasteiger partial charge in [-0.25, -0.2) is 9.18 Å². The van der Waals surface area contributed by atoms with E-state index in [1.165, 1.54) is 31.0 Å². The number of carboxylic acids is 1. The minimum atomic E-state index is -1.22. The number of carboxylic acid groups (broad SMARTS) is 1. The highest BCUT2D eigenvalue weighted by molar-refractivity contribution is 6.04. The Morgan fingerprint density at radius 1 is 1.20 bits per heavy atom. The molecule has 4 rings (SSSR count). The van der Waals surface area contributed by atoms with E-state index in [4.69, 9.17) is 9.47 Å². The van der Waals surface area contributed by atoms with Crippen LogP contribution in [0.5, 0.6) is 11.5 Å². The first kappa shape index (κ1) is 19.5. The van der Waals surface area contributed by atoms with Crippen LogP contribution < -0.4 is 14.8 Å². The molecular formula is C22H19FN2O5. The fourth-order valence-electron chi connectivity index (χ4n) is 3.84. The van der Waals surface area contributed by atoms with Gasteiger partial charge in [-0.05, 0) is 18.2 Å². The SMILES string of the molecule is COc1ccc(C2CC(=O)Nc3c(C(=O)O)cn(-c4ccccc4F)c32)c(OC)c1. The number of aromatic nitrogens is 1. The van der Waals surface area contributed by atoms with Crippen molar-refractivity contribution in [1.29, 1.82) is 0 Å². The standard InChI is InChI=1S/C22H19FN2O5/c1-29-12-7-8-13(18(9-12)30-2)14-10-19(26)24-20-15(22(27)28)11-25(21(14)20)17-6-4-3-5-16(17)23/h3-9,11,14H,10H2,1-2H3,(H,24,26)(H,27,28). The van der Waals surface area contributed by atoms with Crippen molar-refractivity contribution in [1.82, 2.24) is 4.57 Å². The summed E-state index contributed by atoms with van der Waals surface area (Å²) in [5, 5.41) is 12.3. The topological polar surface area (TPSA) is 89.8 Å². The van der Waals surface area contributed by atoms with Crippen LogP contribution in [-0.2, 0) is 4.79 Å². The zero-order valence-corrected chi connectivity index (χ0v) is 16.3. The number of ether oxygens (including phenoxy) is 2. The number of hydrogen-bond donors (Lipinski definition) is 2. The number of nitrogens with zero attached hydrogens (tertiary/aromatic N) is 1. The molecule has 1 atom stereocenters. The number of benzene rings is 2. The molecule has 1 amide bonds. The molecule has 30 heavy (non-hydrogen) atoms. The van der Waals surface area contributed by atoms with E-state index >= 15 is 0 Å². The molecule has 2 heterocycles. The highest BCUT2D eigenvalue weighted by Crippen LogP contribution is 2.45. The average Bonchev–Trinajstić information content (AvgIpc) is 3.12. The minimum Gasteiger partial charge on any atom is -0.497 e. The van der Waals surface area contributed by atoms with Gasteiger partial charge in [0.2, 0.25) is 5.91 Å². The zero-order chi connectivity index (χ0) is 21.4. The summed E-state index contributed by atoms with van der Waals surface area (Å²) in [6, 6.07) is 11.3. The van der Waals surface area contributed by atoms with Gasteiger partial charge in [0.05, 0.1) is 31.3 Å². The fourth-order valence-corrected chi connectivity index (χ4v) is 3.84. The van der Waals surface area contributed by atoms with Crippen molar-refractivity contribution in [3.05, 3.63) is 71.3 Å². The van der Waals surface area contributed by atoms with Crippen molar-refractivity contribution in [3.63, 3.8) is 0 Å². The number of methoxy groups -OCH3 is 2. The van der Waals surface area contributed by atoms with Gasteiger partial charge >= 0.3 is 5.97 Å². The molecular weight excluding hydrogens is 391 g/mol. The molecule has 1 unspecified atom stereocenters. The van der Waals surface area contributed by atoms with E-state index < -0.39 is 17.7 Å². The molecule has 154 valence electrons. The summed E-state index contributed by atoms with van der Waals surface area (Å²) in [6.07, 6.45) is 1.38. The van der Waals surface area contributed by atoms with Crippen LogP contribution in [0.25, 0.3) is 5.69 Å². The lowest BCUT2D eigenvalue weighted by molar-refractivity contribution is -0.116. The predicted octanol–water partition coefficient (Wildman–Crippen LogP) is 3.81. The van der Waals surface area contributed by atoms with Crippen molar-refractivity contribution < 1.29 is 28.6 Å². The van der Waals surface area contributed by atoms with Crippen LogP contribution in [0, 0.1) is 5.82 Å². The quantitative estimate of drug-likeness (QED) is 0.668. The molecule has 1 aromatic heterocycles. The second-order valence-electron chi connectivity index (χ2n) is 6.84. The second kappa shape index (κ2) is 7.55. The summed E-state index contributed by atoms with van der Waals surface area (Å²) in [5.41, 5.74) is 1.38. The molecule has 7 nitrogen and oxygen atoms in total. The average molecular weight is 410 g/mol. The summed E-state index contributed by atoms with van der Waals surface area (Å²) in [4.78, 5) is 24.3. The number of aromatic carboxylic acids is 1. The Labute approximate surface area is 171 Å². The first-order valence-corrected chi connectivity index (χ1v) is 9.19. The fraction of sp³-hybridized carbons (Fsp3) is 0.182. The Hall–Kier alpha value is -3.81. The van der Waals surface area contributed by atoms with Crippen LogP contribution >= 0.6 is 0 Å². The molecule has 2 N–H and O–H groups in total. The maximum Gasteiger partial charge on any atom is 0.339 e. The molecule has 1 aliphatic rings. The maximum atomic E-state index is 14.6. The van der Waals surface area contributed by atoms with Crippen molar-refractivity contribution in [2.75, 3.05) is 19.5 Å². The van der Waals surface area contributed by atoms with Gasteiger partial charge in [0.15, 0.2) is 0 Å². The molecule has 3 aromatic rings.